The molecule has 0 aliphatic heterocycles. The van der Waals surface area contributed by atoms with Gasteiger partial charge in [-0.15, -0.1) is 0 Å². The first-order valence-corrected chi connectivity index (χ1v) is 12.0. The molecule has 1 heterocycles. The molecule has 7 nitrogen and oxygen atoms in total. The Hall–Kier alpha value is -4.26. The van der Waals surface area contributed by atoms with E-state index in [0.717, 1.165) is 24.2 Å². The quantitative estimate of drug-likeness (QED) is 0.264. The van der Waals surface area contributed by atoms with E-state index in [9.17, 15) is 19.5 Å². The molecule has 2 N–H and O–H groups in total. The summed E-state index contributed by atoms with van der Waals surface area (Å²) in [5.41, 5.74) is 4.75. The van der Waals surface area contributed by atoms with Crippen molar-refractivity contribution in [3.8, 4) is 16.8 Å². The Morgan fingerprint density at radius 1 is 0.944 bits per heavy atom. The molecular weight excluding hydrogens is 456 g/mol. The molecule has 0 spiro atoms. The molecule has 0 atom stereocenters. The maximum Gasteiger partial charge on any atom is 0.336 e. The van der Waals surface area contributed by atoms with Crippen LogP contribution in [0.4, 0.5) is 0 Å². The number of nitrogens with zero attached hydrogens (tertiary/aromatic N) is 2. The Balaban J connectivity index is 1.92. The number of fused-ring (bicyclic) bond motifs is 1. The minimum atomic E-state index is -1.02. The third-order valence-corrected chi connectivity index (χ3v) is 6.34. The number of unbranched alkanes of at least 4 members (excludes halogenated alkanes) is 1. The van der Waals surface area contributed by atoms with Gasteiger partial charge >= 0.3 is 11.9 Å². The SMILES string of the molecule is CCCCc1nc2ccc(C(=O)CCC(=O)O)cc2n1-c1ccc(-c2ccccc2)c(C(=O)O)c1C. The summed E-state index contributed by atoms with van der Waals surface area (Å²) < 4.78 is 1.94. The summed E-state index contributed by atoms with van der Waals surface area (Å²) >= 11 is 0. The number of carbonyl (C=O) groups is 3. The van der Waals surface area contributed by atoms with E-state index in [-0.39, 0.29) is 24.2 Å². The third kappa shape index (κ3) is 4.91. The molecule has 0 aliphatic carbocycles. The van der Waals surface area contributed by atoms with Crippen LogP contribution in [-0.2, 0) is 11.2 Å². The van der Waals surface area contributed by atoms with Gasteiger partial charge in [0.25, 0.3) is 0 Å². The van der Waals surface area contributed by atoms with Crippen LogP contribution in [-0.4, -0.2) is 37.5 Å². The normalized spacial score (nSPS) is 11.1. The summed E-state index contributed by atoms with van der Waals surface area (Å²) in [6, 6.07) is 18.3. The number of imidazole rings is 1. The zero-order chi connectivity index (χ0) is 25.8. The summed E-state index contributed by atoms with van der Waals surface area (Å²) in [5.74, 6) is -1.51. The van der Waals surface area contributed by atoms with E-state index >= 15 is 0 Å². The van der Waals surface area contributed by atoms with Crippen LogP contribution < -0.4 is 0 Å². The van der Waals surface area contributed by atoms with Crippen molar-refractivity contribution in [2.45, 2.75) is 46.0 Å². The number of hydrogen-bond acceptors (Lipinski definition) is 4. The number of aromatic nitrogens is 2. The number of rotatable bonds is 10. The van der Waals surface area contributed by atoms with Crippen LogP contribution in [0.3, 0.4) is 0 Å². The van der Waals surface area contributed by atoms with Gasteiger partial charge in [-0.25, -0.2) is 9.78 Å². The Bertz CT molecular complexity index is 1450. The number of Topliss-reactive ketones (excluding diaryl/α,β-unsaturated/α-hetero) is 1. The van der Waals surface area contributed by atoms with Gasteiger partial charge in [0.2, 0.25) is 0 Å². The average molecular weight is 485 g/mol. The molecule has 184 valence electrons. The van der Waals surface area contributed by atoms with Crippen molar-refractivity contribution in [3.05, 3.63) is 83.2 Å². The van der Waals surface area contributed by atoms with Gasteiger partial charge in [-0.05, 0) is 54.3 Å². The fourth-order valence-electron chi connectivity index (χ4n) is 4.51. The monoisotopic (exact) mass is 484 g/mol. The lowest BCUT2D eigenvalue weighted by Gasteiger charge is -2.17. The number of aliphatic carboxylic acids is 1. The van der Waals surface area contributed by atoms with Crippen molar-refractivity contribution < 1.29 is 24.6 Å². The smallest absolute Gasteiger partial charge is 0.336 e. The average Bonchev–Trinajstić information content (AvgIpc) is 3.23. The molecule has 0 fully saturated rings. The van der Waals surface area contributed by atoms with E-state index < -0.39 is 11.9 Å². The first-order valence-electron chi connectivity index (χ1n) is 12.0. The van der Waals surface area contributed by atoms with Gasteiger partial charge in [0.1, 0.15) is 5.82 Å². The Kier molecular flexibility index (Phi) is 7.29. The highest BCUT2D eigenvalue weighted by Crippen LogP contribution is 2.33. The van der Waals surface area contributed by atoms with Gasteiger partial charge in [-0.3, -0.25) is 14.2 Å². The number of carbonyl (C=O) groups excluding carboxylic acids is 1. The van der Waals surface area contributed by atoms with Crippen LogP contribution in [0, 0.1) is 6.92 Å². The number of aryl methyl sites for hydroxylation is 1. The van der Waals surface area contributed by atoms with Gasteiger partial charge in [0.15, 0.2) is 5.78 Å². The number of carboxylic acids is 2. The number of aromatic carboxylic acids is 1. The number of carboxylic acid groups (broad SMARTS) is 2. The van der Waals surface area contributed by atoms with Crippen molar-refractivity contribution >= 4 is 28.8 Å². The standard InChI is InChI=1S/C29H28N2O5/c1-3-4-10-26-30-22-13-11-20(25(32)15-16-27(33)34)17-24(22)31(26)23-14-12-21(19-8-6-5-7-9-19)28(18(23)2)29(35)36/h5-9,11-14,17H,3-4,10,15-16H2,1-2H3,(H,33,34)(H,35,36). The van der Waals surface area contributed by atoms with E-state index in [0.29, 0.717) is 39.8 Å². The molecule has 7 heteroatoms. The Morgan fingerprint density at radius 2 is 1.69 bits per heavy atom. The molecule has 0 amide bonds. The maximum absolute atomic E-state index is 12.7. The van der Waals surface area contributed by atoms with Crippen LogP contribution >= 0.6 is 0 Å². The Labute approximate surface area is 209 Å². The minimum absolute atomic E-state index is 0.0916. The van der Waals surface area contributed by atoms with Gasteiger partial charge < -0.3 is 10.2 Å². The van der Waals surface area contributed by atoms with Crippen molar-refractivity contribution in [1.82, 2.24) is 9.55 Å². The van der Waals surface area contributed by atoms with Crippen molar-refractivity contribution in [2.24, 2.45) is 0 Å². The molecule has 0 saturated heterocycles. The lowest BCUT2D eigenvalue weighted by molar-refractivity contribution is -0.136. The number of hydrogen-bond donors (Lipinski definition) is 2. The highest BCUT2D eigenvalue weighted by atomic mass is 16.4. The largest absolute Gasteiger partial charge is 0.481 e. The molecule has 0 radical (unpaired) electrons. The number of ketones is 1. The fourth-order valence-corrected chi connectivity index (χ4v) is 4.51. The van der Waals surface area contributed by atoms with E-state index in [2.05, 4.69) is 6.92 Å². The third-order valence-electron chi connectivity index (χ3n) is 6.34. The molecule has 4 rings (SSSR count). The molecule has 1 aromatic heterocycles. The van der Waals surface area contributed by atoms with Gasteiger partial charge in [0.05, 0.1) is 28.7 Å². The molecule has 0 unspecified atom stereocenters. The second-order valence-corrected chi connectivity index (χ2v) is 8.79. The summed E-state index contributed by atoms with van der Waals surface area (Å²) in [7, 11) is 0. The summed E-state index contributed by atoms with van der Waals surface area (Å²) in [4.78, 5) is 40.8. The minimum Gasteiger partial charge on any atom is -0.481 e. The van der Waals surface area contributed by atoms with Crippen LogP contribution in [0.1, 0.15) is 64.7 Å². The molecule has 0 saturated carbocycles. The first-order chi connectivity index (χ1) is 17.3. The van der Waals surface area contributed by atoms with Crippen molar-refractivity contribution in [1.29, 1.82) is 0 Å². The predicted molar refractivity (Wildman–Crippen MR) is 138 cm³/mol. The summed E-state index contributed by atoms with van der Waals surface area (Å²) in [6.07, 6.45) is 2.23. The van der Waals surface area contributed by atoms with Crippen molar-refractivity contribution in [2.75, 3.05) is 0 Å². The first kappa shape index (κ1) is 24.9. The predicted octanol–water partition coefficient (Wildman–Crippen LogP) is 6.09. The lowest BCUT2D eigenvalue weighted by Crippen LogP contribution is -2.10. The fraction of sp³-hybridized carbons (Fsp3) is 0.241. The zero-order valence-corrected chi connectivity index (χ0v) is 20.3. The topological polar surface area (TPSA) is 109 Å². The van der Waals surface area contributed by atoms with Gasteiger partial charge in [0, 0.05) is 18.4 Å². The molecule has 0 aliphatic rings. The molecule has 36 heavy (non-hydrogen) atoms. The zero-order valence-electron chi connectivity index (χ0n) is 20.3. The summed E-state index contributed by atoms with van der Waals surface area (Å²) in [6.45, 7) is 3.89. The van der Waals surface area contributed by atoms with Crippen LogP contribution in [0.15, 0.2) is 60.7 Å². The van der Waals surface area contributed by atoms with Gasteiger partial charge in [-0.1, -0.05) is 49.7 Å². The summed E-state index contributed by atoms with van der Waals surface area (Å²) in [5, 5.41) is 19.1. The van der Waals surface area contributed by atoms with E-state index in [1.165, 1.54) is 0 Å². The van der Waals surface area contributed by atoms with Gasteiger partial charge in [-0.2, -0.15) is 0 Å². The molecule has 0 bridgehead atoms. The lowest BCUT2D eigenvalue weighted by atomic mass is 9.94. The highest BCUT2D eigenvalue weighted by Gasteiger charge is 2.22. The van der Waals surface area contributed by atoms with E-state index in [1.54, 1.807) is 25.1 Å². The van der Waals surface area contributed by atoms with Crippen LogP contribution in [0.25, 0.3) is 27.8 Å². The molecule has 4 aromatic rings. The second-order valence-electron chi connectivity index (χ2n) is 8.79. The van der Waals surface area contributed by atoms with E-state index in [4.69, 9.17) is 10.1 Å². The van der Waals surface area contributed by atoms with Crippen molar-refractivity contribution in [3.63, 3.8) is 0 Å². The van der Waals surface area contributed by atoms with Crippen LogP contribution in [0.5, 0.6) is 0 Å². The maximum atomic E-state index is 12.7. The highest BCUT2D eigenvalue weighted by molar-refractivity contribution is 6.01. The van der Waals surface area contributed by atoms with E-state index in [1.807, 2.05) is 47.0 Å². The molecular formula is C29H28N2O5. The van der Waals surface area contributed by atoms with Crippen LogP contribution in [0.2, 0.25) is 0 Å². The molecule has 3 aromatic carbocycles. The second kappa shape index (κ2) is 10.6. The Morgan fingerprint density at radius 3 is 2.36 bits per heavy atom. The number of benzene rings is 3.